The molecule has 0 aliphatic rings. The van der Waals surface area contributed by atoms with Crippen LogP contribution in [0.2, 0.25) is 0 Å². The summed E-state index contributed by atoms with van der Waals surface area (Å²) in [5, 5.41) is 6.06. The van der Waals surface area contributed by atoms with Gasteiger partial charge in [-0.3, -0.25) is 4.79 Å². The summed E-state index contributed by atoms with van der Waals surface area (Å²) in [4.78, 5) is 11.6. The van der Waals surface area contributed by atoms with Crippen LogP contribution in [0.1, 0.15) is 40.5 Å². The van der Waals surface area contributed by atoms with E-state index in [9.17, 15) is 4.79 Å². The zero-order valence-corrected chi connectivity index (χ0v) is 10.8. The van der Waals surface area contributed by atoms with Crippen LogP contribution in [0, 0.1) is 11.8 Å². The average molecular weight is 214 g/mol. The maximum atomic E-state index is 11.6. The fourth-order valence-corrected chi connectivity index (χ4v) is 1.66. The molecule has 2 N–H and O–H groups in total. The van der Waals surface area contributed by atoms with Gasteiger partial charge in [-0.05, 0) is 18.4 Å². The molecule has 0 aliphatic heterocycles. The molecule has 90 valence electrons. The van der Waals surface area contributed by atoms with Gasteiger partial charge in [-0.2, -0.15) is 0 Å². The highest BCUT2D eigenvalue weighted by molar-refractivity contribution is 5.81. The van der Waals surface area contributed by atoms with E-state index < -0.39 is 0 Å². The van der Waals surface area contributed by atoms with Crippen LogP contribution in [0.15, 0.2) is 0 Å². The molecule has 0 aromatic heterocycles. The second kappa shape index (κ2) is 7.69. The fraction of sp³-hybridized carbons (Fsp3) is 0.917. The molecule has 0 aromatic carbocycles. The molecule has 0 saturated heterocycles. The van der Waals surface area contributed by atoms with E-state index in [-0.39, 0.29) is 11.9 Å². The Bertz CT molecular complexity index is 176. The largest absolute Gasteiger partial charge is 0.358 e. The Labute approximate surface area is 94.0 Å². The lowest BCUT2D eigenvalue weighted by atomic mass is 10.00. The van der Waals surface area contributed by atoms with E-state index in [4.69, 9.17) is 0 Å². The fourth-order valence-electron chi connectivity index (χ4n) is 1.66. The van der Waals surface area contributed by atoms with Crippen molar-refractivity contribution >= 4 is 5.91 Å². The SMILES string of the molecule is CCC(CC)CNC(C(=O)NC)C(C)C. The van der Waals surface area contributed by atoms with Crippen molar-refractivity contribution in [2.24, 2.45) is 11.8 Å². The molecular weight excluding hydrogens is 188 g/mol. The van der Waals surface area contributed by atoms with Gasteiger partial charge in [0.15, 0.2) is 0 Å². The Kier molecular flexibility index (Phi) is 7.39. The molecule has 0 radical (unpaired) electrons. The van der Waals surface area contributed by atoms with E-state index in [2.05, 4.69) is 38.3 Å². The summed E-state index contributed by atoms with van der Waals surface area (Å²) in [5.41, 5.74) is 0. The van der Waals surface area contributed by atoms with Crippen molar-refractivity contribution in [2.75, 3.05) is 13.6 Å². The van der Waals surface area contributed by atoms with Gasteiger partial charge >= 0.3 is 0 Å². The van der Waals surface area contributed by atoms with Crippen molar-refractivity contribution in [2.45, 2.75) is 46.6 Å². The van der Waals surface area contributed by atoms with Gasteiger partial charge in [-0.1, -0.05) is 40.5 Å². The number of nitrogens with one attached hydrogen (secondary N) is 2. The molecule has 1 unspecified atom stereocenters. The highest BCUT2D eigenvalue weighted by Crippen LogP contribution is 2.08. The van der Waals surface area contributed by atoms with Crippen molar-refractivity contribution in [3.05, 3.63) is 0 Å². The van der Waals surface area contributed by atoms with E-state index in [1.54, 1.807) is 7.05 Å². The van der Waals surface area contributed by atoms with Crippen molar-refractivity contribution in [3.63, 3.8) is 0 Å². The smallest absolute Gasteiger partial charge is 0.237 e. The van der Waals surface area contributed by atoms with E-state index in [0.717, 1.165) is 6.54 Å². The average Bonchev–Trinajstić information content (AvgIpc) is 2.23. The van der Waals surface area contributed by atoms with Gasteiger partial charge in [0.1, 0.15) is 0 Å². The summed E-state index contributed by atoms with van der Waals surface area (Å²) in [5.74, 6) is 1.10. The molecule has 0 fully saturated rings. The molecule has 0 aromatic rings. The maximum Gasteiger partial charge on any atom is 0.237 e. The van der Waals surface area contributed by atoms with E-state index in [0.29, 0.717) is 11.8 Å². The lowest BCUT2D eigenvalue weighted by Crippen LogP contribution is -2.47. The summed E-state index contributed by atoms with van der Waals surface area (Å²) < 4.78 is 0. The van der Waals surface area contributed by atoms with Crippen LogP contribution in [0.5, 0.6) is 0 Å². The third kappa shape index (κ3) is 5.17. The molecule has 0 bridgehead atoms. The predicted octanol–water partition coefficient (Wildman–Crippen LogP) is 1.78. The maximum absolute atomic E-state index is 11.6. The first-order chi connectivity index (χ1) is 7.06. The normalized spacial score (nSPS) is 13.3. The van der Waals surface area contributed by atoms with Crippen molar-refractivity contribution < 1.29 is 4.79 Å². The zero-order chi connectivity index (χ0) is 11.8. The second-order valence-corrected chi connectivity index (χ2v) is 4.43. The summed E-state index contributed by atoms with van der Waals surface area (Å²) in [6, 6.07) is -0.0596. The monoisotopic (exact) mass is 214 g/mol. The summed E-state index contributed by atoms with van der Waals surface area (Å²) in [6.07, 6.45) is 2.34. The molecular formula is C12H26N2O. The molecule has 3 nitrogen and oxygen atoms in total. The highest BCUT2D eigenvalue weighted by Gasteiger charge is 2.20. The Balaban J connectivity index is 4.12. The third-order valence-electron chi connectivity index (χ3n) is 2.98. The first-order valence-corrected chi connectivity index (χ1v) is 6.01. The van der Waals surface area contributed by atoms with Crippen LogP contribution in [-0.4, -0.2) is 25.5 Å². The molecule has 15 heavy (non-hydrogen) atoms. The van der Waals surface area contributed by atoms with Crippen LogP contribution < -0.4 is 10.6 Å². The lowest BCUT2D eigenvalue weighted by molar-refractivity contribution is -0.123. The molecule has 3 heteroatoms. The van der Waals surface area contributed by atoms with E-state index in [1.807, 2.05) is 0 Å². The number of carbonyl (C=O) groups is 1. The summed E-state index contributed by atoms with van der Waals surface area (Å²) in [7, 11) is 1.69. The minimum absolute atomic E-state index is 0.0596. The highest BCUT2D eigenvalue weighted by atomic mass is 16.2. The van der Waals surface area contributed by atoms with Crippen LogP contribution in [0.3, 0.4) is 0 Å². The van der Waals surface area contributed by atoms with Gasteiger partial charge in [0, 0.05) is 7.05 Å². The molecule has 0 spiro atoms. The van der Waals surface area contributed by atoms with Gasteiger partial charge in [0.2, 0.25) is 5.91 Å². The number of hydrogen-bond acceptors (Lipinski definition) is 2. The number of likely N-dealkylation sites (N-methyl/N-ethyl adjacent to an activating group) is 1. The number of carbonyl (C=O) groups excluding carboxylic acids is 1. The third-order valence-corrected chi connectivity index (χ3v) is 2.98. The predicted molar refractivity (Wildman–Crippen MR) is 64.8 cm³/mol. The molecule has 1 amide bonds. The Morgan fingerprint density at radius 3 is 2.07 bits per heavy atom. The van der Waals surface area contributed by atoms with Crippen LogP contribution >= 0.6 is 0 Å². The van der Waals surface area contributed by atoms with Gasteiger partial charge in [0.25, 0.3) is 0 Å². The Morgan fingerprint density at radius 2 is 1.73 bits per heavy atom. The number of amides is 1. The molecule has 0 heterocycles. The Hall–Kier alpha value is -0.570. The van der Waals surface area contributed by atoms with Crippen molar-refractivity contribution in [1.29, 1.82) is 0 Å². The zero-order valence-electron chi connectivity index (χ0n) is 10.8. The first-order valence-electron chi connectivity index (χ1n) is 6.01. The summed E-state index contributed by atoms with van der Waals surface area (Å²) >= 11 is 0. The van der Waals surface area contributed by atoms with Gasteiger partial charge in [0.05, 0.1) is 6.04 Å². The number of hydrogen-bond donors (Lipinski definition) is 2. The topological polar surface area (TPSA) is 41.1 Å². The van der Waals surface area contributed by atoms with Crippen LogP contribution in [0.4, 0.5) is 0 Å². The summed E-state index contributed by atoms with van der Waals surface area (Å²) in [6.45, 7) is 9.46. The van der Waals surface area contributed by atoms with E-state index >= 15 is 0 Å². The second-order valence-electron chi connectivity index (χ2n) is 4.43. The van der Waals surface area contributed by atoms with Gasteiger partial charge < -0.3 is 10.6 Å². The first kappa shape index (κ1) is 14.4. The van der Waals surface area contributed by atoms with Crippen LogP contribution in [0.25, 0.3) is 0 Å². The van der Waals surface area contributed by atoms with Gasteiger partial charge in [-0.15, -0.1) is 0 Å². The van der Waals surface area contributed by atoms with Crippen molar-refractivity contribution in [3.8, 4) is 0 Å². The van der Waals surface area contributed by atoms with Gasteiger partial charge in [-0.25, -0.2) is 0 Å². The minimum atomic E-state index is -0.0596. The van der Waals surface area contributed by atoms with Crippen LogP contribution in [-0.2, 0) is 4.79 Å². The molecule has 0 saturated carbocycles. The molecule has 0 rings (SSSR count). The van der Waals surface area contributed by atoms with Crippen molar-refractivity contribution in [1.82, 2.24) is 10.6 Å². The van der Waals surface area contributed by atoms with E-state index in [1.165, 1.54) is 12.8 Å². The molecule has 0 aliphatic carbocycles. The minimum Gasteiger partial charge on any atom is -0.358 e. The number of rotatable bonds is 7. The molecule has 1 atom stereocenters. The lowest BCUT2D eigenvalue weighted by Gasteiger charge is -2.23. The quantitative estimate of drug-likeness (QED) is 0.678. The standard InChI is InChI=1S/C12H26N2O/c1-6-10(7-2)8-14-11(9(3)4)12(15)13-5/h9-11,14H,6-8H2,1-5H3,(H,13,15). The Morgan fingerprint density at radius 1 is 1.20 bits per heavy atom.